The van der Waals surface area contributed by atoms with E-state index in [1.165, 1.54) is 12.1 Å². The summed E-state index contributed by atoms with van der Waals surface area (Å²) in [7, 11) is 0. The Morgan fingerprint density at radius 2 is 1.68 bits per heavy atom. The van der Waals surface area contributed by atoms with Gasteiger partial charge in [0.2, 0.25) is 0 Å². The molecule has 98 valence electrons. The summed E-state index contributed by atoms with van der Waals surface area (Å²) in [6, 6.07) is 13.1. The second-order valence-corrected chi connectivity index (χ2v) is 5.19. The van der Waals surface area contributed by atoms with Gasteiger partial charge in [-0.05, 0) is 41.8 Å². The number of rotatable bonds is 4. The highest BCUT2D eigenvalue weighted by atomic mass is 79.9. The van der Waals surface area contributed by atoms with Crippen molar-refractivity contribution < 1.29 is 14.3 Å². The molecule has 0 aliphatic rings. The van der Waals surface area contributed by atoms with Crippen LogP contribution in [0.1, 0.15) is 17.0 Å². The van der Waals surface area contributed by atoms with E-state index >= 15 is 0 Å². The highest BCUT2D eigenvalue weighted by Crippen LogP contribution is 2.23. The Morgan fingerprint density at radius 3 is 2.21 bits per heavy atom. The third-order valence-electron chi connectivity index (χ3n) is 2.92. The topological polar surface area (TPSA) is 37.3 Å². The number of carbonyl (C=O) groups is 1. The summed E-state index contributed by atoms with van der Waals surface area (Å²) in [4.78, 5) is 11.4. The van der Waals surface area contributed by atoms with Crippen molar-refractivity contribution in [3.05, 3.63) is 69.9 Å². The number of carboxylic acids is 1. The first kappa shape index (κ1) is 13.7. The maximum absolute atomic E-state index is 12.8. The predicted molar refractivity (Wildman–Crippen MR) is 74.6 cm³/mol. The van der Waals surface area contributed by atoms with Crippen LogP contribution in [-0.2, 0) is 11.2 Å². The van der Waals surface area contributed by atoms with Crippen molar-refractivity contribution in [3.8, 4) is 0 Å². The lowest BCUT2D eigenvalue weighted by molar-refractivity contribution is -0.138. The smallest absolute Gasteiger partial charge is 0.311 e. The van der Waals surface area contributed by atoms with E-state index in [-0.39, 0.29) is 5.82 Å². The van der Waals surface area contributed by atoms with Crippen LogP contribution in [-0.4, -0.2) is 11.1 Å². The summed E-state index contributed by atoms with van der Waals surface area (Å²) in [5.74, 6) is -1.83. The Bertz CT molecular complexity index is 564. The molecule has 0 heterocycles. The summed E-state index contributed by atoms with van der Waals surface area (Å²) in [6.07, 6.45) is 0.344. The lowest BCUT2D eigenvalue weighted by atomic mass is 9.92. The maximum atomic E-state index is 12.8. The molecule has 19 heavy (non-hydrogen) atoms. The molecule has 0 bridgehead atoms. The molecule has 2 rings (SSSR count). The van der Waals surface area contributed by atoms with Crippen molar-refractivity contribution in [2.45, 2.75) is 12.3 Å². The van der Waals surface area contributed by atoms with Crippen LogP contribution in [0.5, 0.6) is 0 Å². The fourth-order valence-corrected chi connectivity index (χ4v) is 2.16. The number of halogens is 2. The van der Waals surface area contributed by atoms with E-state index in [9.17, 15) is 14.3 Å². The first-order chi connectivity index (χ1) is 9.06. The second-order valence-electron chi connectivity index (χ2n) is 4.27. The van der Waals surface area contributed by atoms with Crippen LogP contribution >= 0.6 is 15.9 Å². The van der Waals surface area contributed by atoms with Gasteiger partial charge in [-0.3, -0.25) is 4.79 Å². The molecule has 1 atom stereocenters. The van der Waals surface area contributed by atoms with Crippen LogP contribution in [0, 0.1) is 5.82 Å². The average Bonchev–Trinajstić information content (AvgIpc) is 2.39. The van der Waals surface area contributed by atoms with Crippen molar-refractivity contribution in [1.29, 1.82) is 0 Å². The standard InChI is InChI=1S/C15H12BrFO2/c16-12-5-3-11(4-6-12)14(15(18)19)9-10-1-7-13(17)8-2-10/h1-8,14H,9H2,(H,18,19). The molecular weight excluding hydrogens is 311 g/mol. The SMILES string of the molecule is O=C(O)C(Cc1ccc(F)cc1)c1ccc(Br)cc1. The molecule has 0 saturated carbocycles. The number of aliphatic carboxylic acids is 1. The van der Waals surface area contributed by atoms with Gasteiger partial charge in [-0.1, -0.05) is 40.2 Å². The Balaban J connectivity index is 2.23. The molecule has 2 nitrogen and oxygen atoms in total. The predicted octanol–water partition coefficient (Wildman–Crippen LogP) is 4.00. The zero-order chi connectivity index (χ0) is 13.8. The van der Waals surface area contributed by atoms with Crippen LogP contribution < -0.4 is 0 Å². The third kappa shape index (κ3) is 3.64. The van der Waals surface area contributed by atoms with E-state index < -0.39 is 11.9 Å². The first-order valence-corrected chi connectivity index (χ1v) is 6.58. The van der Waals surface area contributed by atoms with Gasteiger partial charge in [-0.2, -0.15) is 0 Å². The second kappa shape index (κ2) is 5.97. The van der Waals surface area contributed by atoms with Gasteiger partial charge in [0, 0.05) is 4.47 Å². The normalized spacial score (nSPS) is 12.1. The zero-order valence-corrected chi connectivity index (χ0v) is 11.6. The van der Waals surface area contributed by atoms with Gasteiger partial charge in [-0.15, -0.1) is 0 Å². The molecule has 0 saturated heterocycles. The quantitative estimate of drug-likeness (QED) is 0.923. The maximum Gasteiger partial charge on any atom is 0.311 e. The Labute approximate surface area is 119 Å². The van der Waals surface area contributed by atoms with Gasteiger partial charge >= 0.3 is 5.97 Å². The lowest BCUT2D eigenvalue weighted by Crippen LogP contribution is -2.14. The molecule has 2 aromatic rings. The van der Waals surface area contributed by atoms with Crippen molar-refractivity contribution >= 4 is 21.9 Å². The van der Waals surface area contributed by atoms with Gasteiger partial charge < -0.3 is 5.11 Å². The molecule has 0 aliphatic heterocycles. The Kier molecular flexibility index (Phi) is 4.32. The lowest BCUT2D eigenvalue weighted by Gasteiger charge is -2.13. The Morgan fingerprint density at radius 1 is 1.11 bits per heavy atom. The molecule has 2 aromatic carbocycles. The molecule has 0 fully saturated rings. The molecule has 0 radical (unpaired) electrons. The van der Waals surface area contributed by atoms with Crippen LogP contribution in [0.3, 0.4) is 0 Å². The van der Waals surface area contributed by atoms with Gasteiger partial charge in [0.05, 0.1) is 5.92 Å². The molecular formula is C15H12BrFO2. The molecule has 1 N–H and O–H groups in total. The monoisotopic (exact) mass is 322 g/mol. The highest BCUT2D eigenvalue weighted by molar-refractivity contribution is 9.10. The minimum Gasteiger partial charge on any atom is -0.481 e. The number of hydrogen-bond donors (Lipinski definition) is 1. The molecule has 0 aromatic heterocycles. The summed E-state index contributed by atoms with van der Waals surface area (Å²) in [6.45, 7) is 0. The minimum absolute atomic E-state index is 0.320. The molecule has 0 aliphatic carbocycles. The van der Waals surface area contributed by atoms with Gasteiger partial charge in [-0.25, -0.2) is 4.39 Å². The molecule has 4 heteroatoms. The summed E-state index contributed by atoms with van der Waals surface area (Å²) < 4.78 is 13.7. The first-order valence-electron chi connectivity index (χ1n) is 5.79. The molecule has 0 spiro atoms. The highest BCUT2D eigenvalue weighted by Gasteiger charge is 2.20. The van der Waals surface area contributed by atoms with Crippen LogP contribution in [0.2, 0.25) is 0 Å². The molecule has 1 unspecified atom stereocenters. The summed E-state index contributed by atoms with van der Waals surface area (Å²) >= 11 is 3.32. The van der Waals surface area contributed by atoms with Crippen molar-refractivity contribution in [2.75, 3.05) is 0 Å². The van der Waals surface area contributed by atoms with Gasteiger partial charge in [0.15, 0.2) is 0 Å². The van der Waals surface area contributed by atoms with E-state index in [4.69, 9.17) is 0 Å². The Hall–Kier alpha value is -1.68. The van der Waals surface area contributed by atoms with E-state index in [1.807, 2.05) is 12.1 Å². The van der Waals surface area contributed by atoms with Gasteiger partial charge in [0.25, 0.3) is 0 Å². The van der Waals surface area contributed by atoms with E-state index in [2.05, 4.69) is 15.9 Å². The average molecular weight is 323 g/mol. The third-order valence-corrected chi connectivity index (χ3v) is 3.45. The van der Waals surface area contributed by atoms with Crippen LogP contribution in [0.4, 0.5) is 4.39 Å². The summed E-state index contributed by atoms with van der Waals surface area (Å²) in [5.41, 5.74) is 1.54. The number of carboxylic acid groups (broad SMARTS) is 1. The summed E-state index contributed by atoms with van der Waals surface area (Å²) in [5, 5.41) is 9.33. The van der Waals surface area contributed by atoms with Crippen molar-refractivity contribution in [3.63, 3.8) is 0 Å². The van der Waals surface area contributed by atoms with Crippen LogP contribution in [0.25, 0.3) is 0 Å². The van der Waals surface area contributed by atoms with Crippen molar-refractivity contribution in [1.82, 2.24) is 0 Å². The fourth-order valence-electron chi connectivity index (χ4n) is 1.90. The molecule has 0 amide bonds. The van der Waals surface area contributed by atoms with Gasteiger partial charge in [0.1, 0.15) is 5.82 Å². The van der Waals surface area contributed by atoms with E-state index in [0.29, 0.717) is 6.42 Å². The number of benzene rings is 2. The largest absolute Gasteiger partial charge is 0.481 e. The number of hydrogen-bond acceptors (Lipinski definition) is 1. The van der Waals surface area contributed by atoms with Crippen LogP contribution in [0.15, 0.2) is 53.0 Å². The fraction of sp³-hybridized carbons (Fsp3) is 0.133. The van der Waals surface area contributed by atoms with E-state index in [1.54, 1.807) is 24.3 Å². The zero-order valence-electron chi connectivity index (χ0n) is 10.0. The van der Waals surface area contributed by atoms with Crippen molar-refractivity contribution in [2.24, 2.45) is 0 Å². The van der Waals surface area contributed by atoms with E-state index in [0.717, 1.165) is 15.6 Å². The minimum atomic E-state index is -0.883.